The number of ketones is 1. The minimum Gasteiger partial charge on any atom is -0.504 e. The van der Waals surface area contributed by atoms with Crippen LogP contribution in [0.15, 0.2) is 54.9 Å². The standard InChI is InChI=1S/C27H33NO7/c1-34-26-12-17(3-5-22(26)30)9-20(11-19-7-8-28-15-19)24(32)14-25(33)21(16-29)10-18-4-6-23(31)27(13-18)35-2/h3-8,12-13,15,20-21,24,28-32H,9-11,14,16H2,1-2H3. The number of nitrogens with one attached hydrogen (secondary N) is 1. The van der Waals surface area contributed by atoms with E-state index in [-0.39, 0.29) is 42.6 Å². The highest BCUT2D eigenvalue weighted by molar-refractivity contribution is 5.82. The predicted molar refractivity (Wildman–Crippen MR) is 131 cm³/mol. The molecule has 1 heterocycles. The summed E-state index contributed by atoms with van der Waals surface area (Å²) in [4.78, 5) is 16.1. The normalized spacial score (nSPS) is 13.7. The Morgan fingerprint density at radius 3 is 1.97 bits per heavy atom. The molecule has 0 aliphatic carbocycles. The number of hydrogen-bond donors (Lipinski definition) is 5. The van der Waals surface area contributed by atoms with Gasteiger partial charge in [0.05, 0.1) is 26.9 Å². The average molecular weight is 484 g/mol. The van der Waals surface area contributed by atoms with E-state index in [0.717, 1.165) is 16.7 Å². The molecule has 8 nitrogen and oxygen atoms in total. The van der Waals surface area contributed by atoms with Crippen LogP contribution >= 0.6 is 0 Å². The van der Waals surface area contributed by atoms with Crippen molar-refractivity contribution in [3.05, 3.63) is 71.5 Å². The van der Waals surface area contributed by atoms with Gasteiger partial charge < -0.3 is 34.9 Å². The lowest BCUT2D eigenvalue weighted by Crippen LogP contribution is -2.31. The summed E-state index contributed by atoms with van der Waals surface area (Å²) in [5, 5.41) is 40.7. The highest BCUT2D eigenvalue weighted by atomic mass is 16.5. The molecule has 5 N–H and O–H groups in total. The topological polar surface area (TPSA) is 132 Å². The van der Waals surface area contributed by atoms with Gasteiger partial charge in [0, 0.05) is 24.7 Å². The van der Waals surface area contributed by atoms with Crippen LogP contribution in [0.5, 0.6) is 23.0 Å². The summed E-state index contributed by atoms with van der Waals surface area (Å²) in [6, 6.07) is 11.8. The number of aliphatic hydroxyl groups excluding tert-OH is 2. The molecular formula is C27H33NO7. The minimum absolute atomic E-state index is 0.00277. The smallest absolute Gasteiger partial charge is 0.160 e. The van der Waals surface area contributed by atoms with E-state index in [0.29, 0.717) is 24.3 Å². The maximum atomic E-state index is 13.1. The molecular weight excluding hydrogens is 450 g/mol. The number of aromatic hydroxyl groups is 2. The van der Waals surface area contributed by atoms with Crippen molar-refractivity contribution in [1.29, 1.82) is 0 Å². The molecule has 3 rings (SSSR count). The Morgan fingerprint density at radius 2 is 1.46 bits per heavy atom. The Morgan fingerprint density at radius 1 is 0.886 bits per heavy atom. The SMILES string of the molecule is COc1cc(CC(CO)C(=O)CC(O)C(Cc2cc[nH]c2)Cc2ccc(O)c(OC)c2)ccc1O. The van der Waals surface area contributed by atoms with Gasteiger partial charge in [0.25, 0.3) is 0 Å². The summed E-state index contributed by atoms with van der Waals surface area (Å²) in [6.07, 6.45) is 3.88. The van der Waals surface area contributed by atoms with Crippen molar-refractivity contribution in [2.75, 3.05) is 20.8 Å². The molecule has 0 radical (unpaired) electrons. The number of hydrogen-bond acceptors (Lipinski definition) is 7. The van der Waals surface area contributed by atoms with Gasteiger partial charge in [-0.15, -0.1) is 0 Å². The first kappa shape index (κ1) is 26.1. The molecule has 188 valence electrons. The fraction of sp³-hybridized carbons (Fsp3) is 0.370. The molecule has 3 aromatic rings. The van der Waals surface area contributed by atoms with E-state index in [4.69, 9.17) is 9.47 Å². The van der Waals surface area contributed by atoms with Crippen LogP contribution in [-0.2, 0) is 24.1 Å². The maximum absolute atomic E-state index is 13.1. The zero-order valence-electron chi connectivity index (χ0n) is 20.0. The molecule has 0 saturated heterocycles. The fourth-order valence-corrected chi connectivity index (χ4v) is 4.24. The van der Waals surface area contributed by atoms with Crippen molar-refractivity contribution in [1.82, 2.24) is 4.98 Å². The van der Waals surface area contributed by atoms with Crippen LogP contribution in [0.3, 0.4) is 0 Å². The molecule has 0 amide bonds. The van der Waals surface area contributed by atoms with E-state index in [1.165, 1.54) is 20.3 Å². The Bertz CT molecular complexity index is 1100. The molecule has 3 atom stereocenters. The van der Waals surface area contributed by atoms with Crippen molar-refractivity contribution in [3.63, 3.8) is 0 Å². The van der Waals surface area contributed by atoms with Gasteiger partial charge in [-0.1, -0.05) is 12.1 Å². The third-order valence-corrected chi connectivity index (χ3v) is 6.26. The zero-order valence-corrected chi connectivity index (χ0v) is 20.0. The first-order valence-electron chi connectivity index (χ1n) is 11.5. The summed E-state index contributed by atoms with van der Waals surface area (Å²) in [5.41, 5.74) is 2.60. The van der Waals surface area contributed by atoms with Crippen LogP contribution in [0.25, 0.3) is 0 Å². The molecule has 1 aromatic heterocycles. The fourth-order valence-electron chi connectivity index (χ4n) is 4.24. The van der Waals surface area contributed by atoms with E-state index < -0.39 is 12.0 Å². The Hall–Kier alpha value is -3.49. The van der Waals surface area contributed by atoms with E-state index >= 15 is 0 Å². The van der Waals surface area contributed by atoms with Crippen molar-refractivity contribution in [2.45, 2.75) is 31.8 Å². The number of aromatic nitrogens is 1. The number of methoxy groups -OCH3 is 2. The molecule has 3 unspecified atom stereocenters. The quantitative estimate of drug-likeness (QED) is 0.252. The molecule has 0 bridgehead atoms. The summed E-state index contributed by atoms with van der Waals surface area (Å²) < 4.78 is 10.3. The molecule has 2 aromatic carbocycles. The molecule has 35 heavy (non-hydrogen) atoms. The van der Waals surface area contributed by atoms with Crippen LogP contribution in [0.1, 0.15) is 23.1 Å². The Balaban J connectivity index is 1.73. The molecule has 0 saturated carbocycles. The van der Waals surface area contributed by atoms with Gasteiger partial charge in [-0.25, -0.2) is 0 Å². The van der Waals surface area contributed by atoms with Gasteiger partial charge in [-0.2, -0.15) is 0 Å². The number of ether oxygens (including phenoxy) is 2. The summed E-state index contributed by atoms with van der Waals surface area (Å²) in [6.45, 7) is -0.355. The number of aromatic amines is 1. The average Bonchev–Trinajstić information content (AvgIpc) is 3.37. The molecule has 8 heteroatoms. The zero-order chi connectivity index (χ0) is 25.4. The lowest BCUT2D eigenvalue weighted by molar-refractivity contribution is -0.126. The van der Waals surface area contributed by atoms with Crippen molar-refractivity contribution >= 4 is 5.78 Å². The van der Waals surface area contributed by atoms with Crippen LogP contribution in [-0.4, -0.2) is 58.1 Å². The number of benzene rings is 2. The largest absolute Gasteiger partial charge is 0.504 e. The van der Waals surface area contributed by atoms with Crippen LogP contribution in [0, 0.1) is 11.8 Å². The number of phenols is 2. The Kier molecular flexibility index (Phi) is 9.17. The number of Topliss-reactive ketones (excluding diaryl/α,β-unsaturated/α-hetero) is 1. The first-order valence-corrected chi connectivity index (χ1v) is 11.5. The number of rotatable bonds is 13. The van der Waals surface area contributed by atoms with Crippen LogP contribution in [0.2, 0.25) is 0 Å². The third-order valence-electron chi connectivity index (χ3n) is 6.26. The van der Waals surface area contributed by atoms with Crippen molar-refractivity contribution < 1.29 is 34.7 Å². The molecule has 0 aliphatic rings. The van der Waals surface area contributed by atoms with Gasteiger partial charge >= 0.3 is 0 Å². The highest BCUT2D eigenvalue weighted by Gasteiger charge is 2.27. The van der Waals surface area contributed by atoms with Gasteiger partial charge in [0.15, 0.2) is 23.0 Å². The first-order chi connectivity index (χ1) is 16.8. The number of carbonyl (C=O) groups excluding carboxylic acids is 1. The second-order valence-corrected chi connectivity index (χ2v) is 8.72. The van der Waals surface area contributed by atoms with Gasteiger partial charge in [-0.05, 0) is 72.2 Å². The monoisotopic (exact) mass is 483 g/mol. The summed E-state index contributed by atoms with van der Waals surface area (Å²) in [7, 11) is 2.92. The lowest BCUT2D eigenvalue weighted by Gasteiger charge is -2.24. The number of H-pyrrole nitrogens is 1. The van der Waals surface area contributed by atoms with Crippen LogP contribution < -0.4 is 9.47 Å². The van der Waals surface area contributed by atoms with Gasteiger partial charge in [0.1, 0.15) is 5.78 Å². The van der Waals surface area contributed by atoms with E-state index in [2.05, 4.69) is 4.98 Å². The molecule has 0 spiro atoms. The second kappa shape index (κ2) is 12.3. The maximum Gasteiger partial charge on any atom is 0.160 e. The van der Waals surface area contributed by atoms with E-state index in [1.807, 2.05) is 12.3 Å². The Labute approximate surface area is 204 Å². The lowest BCUT2D eigenvalue weighted by atomic mass is 9.84. The number of aliphatic hydroxyl groups is 2. The molecule has 0 fully saturated rings. The van der Waals surface area contributed by atoms with Gasteiger partial charge in [-0.3, -0.25) is 4.79 Å². The summed E-state index contributed by atoms with van der Waals surface area (Å²) in [5.74, 6) is -0.546. The van der Waals surface area contributed by atoms with Crippen LogP contribution in [0.4, 0.5) is 0 Å². The molecule has 0 aliphatic heterocycles. The highest BCUT2D eigenvalue weighted by Crippen LogP contribution is 2.30. The number of carbonyl (C=O) groups is 1. The summed E-state index contributed by atoms with van der Waals surface area (Å²) >= 11 is 0. The second-order valence-electron chi connectivity index (χ2n) is 8.72. The number of phenolic OH excluding ortho intramolecular Hbond substituents is 2. The van der Waals surface area contributed by atoms with E-state index in [1.54, 1.807) is 36.5 Å². The van der Waals surface area contributed by atoms with Crippen molar-refractivity contribution in [3.8, 4) is 23.0 Å². The minimum atomic E-state index is -0.944. The third kappa shape index (κ3) is 7.00. The van der Waals surface area contributed by atoms with Crippen molar-refractivity contribution in [2.24, 2.45) is 11.8 Å². The predicted octanol–water partition coefficient (Wildman–Crippen LogP) is 3.02. The van der Waals surface area contributed by atoms with Gasteiger partial charge in [0.2, 0.25) is 0 Å². The van der Waals surface area contributed by atoms with E-state index in [9.17, 15) is 25.2 Å².